The average Bonchev–Trinajstić information content (AvgIpc) is 3.25. The van der Waals surface area contributed by atoms with Crippen LogP contribution in [0, 0.1) is 18.3 Å². The van der Waals surface area contributed by atoms with Crippen molar-refractivity contribution < 1.29 is 19.4 Å². The molecule has 31 heavy (non-hydrogen) atoms. The second-order valence-corrected chi connectivity index (χ2v) is 7.54. The van der Waals surface area contributed by atoms with Crippen molar-refractivity contribution >= 4 is 17.3 Å². The van der Waals surface area contributed by atoms with E-state index in [0.29, 0.717) is 22.9 Å². The predicted molar refractivity (Wildman–Crippen MR) is 114 cm³/mol. The van der Waals surface area contributed by atoms with Crippen molar-refractivity contribution in [2.75, 3.05) is 24.6 Å². The Morgan fingerprint density at radius 3 is 2.39 bits per heavy atom. The molecule has 0 radical (unpaired) electrons. The predicted octanol–water partition coefficient (Wildman–Crippen LogP) is 4.14. The molecule has 1 aromatic heterocycles. The van der Waals surface area contributed by atoms with Crippen molar-refractivity contribution in [1.82, 2.24) is 9.78 Å². The van der Waals surface area contributed by atoms with Gasteiger partial charge in [-0.05, 0) is 55.2 Å². The minimum atomic E-state index is -1.18. The van der Waals surface area contributed by atoms with Gasteiger partial charge in [-0.25, -0.2) is 18.7 Å². The number of halogens is 1. The third-order valence-corrected chi connectivity index (χ3v) is 5.62. The van der Waals surface area contributed by atoms with Crippen molar-refractivity contribution in [1.29, 1.82) is 0 Å². The maximum atomic E-state index is 14.2. The zero-order valence-electron chi connectivity index (χ0n) is 16.7. The summed E-state index contributed by atoms with van der Waals surface area (Å²) in [7, 11) is 0. The number of carbonyl (C=O) groups is 1. The Bertz CT molecular complexity index is 1140. The lowest BCUT2D eigenvalue weighted by molar-refractivity contribution is 0.0690. The third-order valence-electron chi connectivity index (χ3n) is 5.62. The number of aromatic nitrogens is 2. The van der Waals surface area contributed by atoms with E-state index in [1.165, 1.54) is 22.9 Å². The SMILES string of the molecule is [C-]#[N+]c1ccc(-c2cc(C(=O)O)nn2-c2ccc(N3CCC(CO)CC3)cc2)cc1F. The highest BCUT2D eigenvalue weighted by Gasteiger charge is 2.20. The fraction of sp³-hybridized carbons (Fsp3) is 0.261. The minimum absolute atomic E-state index is 0.0948. The van der Waals surface area contributed by atoms with Crippen LogP contribution in [0.25, 0.3) is 21.8 Å². The summed E-state index contributed by atoms with van der Waals surface area (Å²) in [4.78, 5) is 16.9. The third kappa shape index (κ3) is 4.13. The molecule has 0 bridgehead atoms. The molecule has 2 aromatic carbocycles. The maximum Gasteiger partial charge on any atom is 0.356 e. The highest BCUT2D eigenvalue weighted by molar-refractivity contribution is 5.87. The molecule has 8 heteroatoms. The van der Waals surface area contributed by atoms with E-state index < -0.39 is 11.8 Å². The standard InChI is InChI=1S/C23H21FN4O3/c1-25-20-7-2-16(12-19(20)24)22-13-21(23(30)31)26-28(22)18-5-3-17(4-6-18)27-10-8-15(14-29)9-11-27/h2-7,12-13,15,29H,8-11,14H2,(H,30,31). The Balaban J connectivity index is 1.67. The van der Waals surface area contributed by atoms with Gasteiger partial charge in [0.15, 0.2) is 5.69 Å². The first-order valence-corrected chi connectivity index (χ1v) is 9.97. The first kappa shape index (κ1) is 20.6. The molecule has 0 unspecified atom stereocenters. The Labute approximate surface area is 178 Å². The van der Waals surface area contributed by atoms with Crippen LogP contribution < -0.4 is 4.90 Å². The summed E-state index contributed by atoms with van der Waals surface area (Å²) in [5.41, 5.74) is 2.29. The largest absolute Gasteiger partial charge is 0.476 e. The summed E-state index contributed by atoms with van der Waals surface area (Å²) in [6, 6.07) is 13.1. The molecule has 0 atom stereocenters. The fourth-order valence-electron chi connectivity index (χ4n) is 3.82. The summed E-state index contributed by atoms with van der Waals surface area (Å²) >= 11 is 0. The summed E-state index contributed by atoms with van der Waals surface area (Å²) < 4.78 is 15.6. The number of carboxylic acids is 1. The molecule has 1 saturated heterocycles. The number of aliphatic hydroxyl groups is 1. The van der Waals surface area contributed by atoms with E-state index in [4.69, 9.17) is 6.57 Å². The van der Waals surface area contributed by atoms with E-state index in [2.05, 4.69) is 14.8 Å². The van der Waals surface area contributed by atoms with Gasteiger partial charge in [0.1, 0.15) is 5.82 Å². The Hall–Kier alpha value is -3.70. The van der Waals surface area contributed by atoms with Gasteiger partial charge >= 0.3 is 5.97 Å². The number of aliphatic hydroxyl groups excluding tert-OH is 1. The van der Waals surface area contributed by atoms with Crippen LogP contribution in [0.15, 0.2) is 48.5 Å². The van der Waals surface area contributed by atoms with E-state index >= 15 is 0 Å². The van der Waals surface area contributed by atoms with Crippen molar-refractivity contribution in [2.45, 2.75) is 12.8 Å². The zero-order valence-corrected chi connectivity index (χ0v) is 16.7. The molecular formula is C23H21FN4O3. The van der Waals surface area contributed by atoms with Crippen molar-refractivity contribution in [3.63, 3.8) is 0 Å². The summed E-state index contributed by atoms with van der Waals surface area (Å²) in [5.74, 6) is -1.49. The molecule has 0 saturated carbocycles. The molecule has 2 N–H and O–H groups in total. The normalized spacial score (nSPS) is 14.4. The molecule has 2 heterocycles. The topological polar surface area (TPSA) is 83.0 Å². The van der Waals surface area contributed by atoms with Crippen molar-refractivity contribution in [2.24, 2.45) is 5.92 Å². The Kier molecular flexibility index (Phi) is 5.69. The molecule has 158 valence electrons. The van der Waals surface area contributed by atoms with Crippen molar-refractivity contribution in [3.05, 3.63) is 71.5 Å². The Morgan fingerprint density at radius 1 is 1.13 bits per heavy atom. The number of carboxylic acid groups (broad SMARTS) is 1. The van der Waals surface area contributed by atoms with Crippen molar-refractivity contribution in [3.8, 4) is 16.9 Å². The first-order chi connectivity index (χ1) is 15.0. The van der Waals surface area contributed by atoms with Gasteiger partial charge < -0.3 is 15.1 Å². The molecule has 3 aromatic rings. The second-order valence-electron chi connectivity index (χ2n) is 7.54. The lowest BCUT2D eigenvalue weighted by Crippen LogP contribution is -2.34. The van der Waals surface area contributed by atoms with E-state index in [1.54, 1.807) is 6.07 Å². The van der Waals surface area contributed by atoms with Gasteiger partial charge in [-0.1, -0.05) is 12.1 Å². The molecule has 0 amide bonds. The fourth-order valence-corrected chi connectivity index (χ4v) is 3.82. The number of piperidine rings is 1. The molecule has 7 nitrogen and oxygen atoms in total. The average molecular weight is 420 g/mol. The Morgan fingerprint density at radius 2 is 1.81 bits per heavy atom. The number of nitrogens with zero attached hydrogens (tertiary/aromatic N) is 4. The molecule has 0 aliphatic carbocycles. The van der Waals surface area contributed by atoms with Crippen LogP contribution in [0.4, 0.5) is 15.8 Å². The maximum absolute atomic E-state index is 14.2. The highest BCUT2D eigenvalue weighted by atomic mass is 19.1. The highest BCUT2D eigenvalue weighted by Crippen LogP contribution is 2.30. The minimum Gasteiger partial charge on any atom is -0.476 e. The first-order valence-electron chi connectivity index (χ1n) is 9.97. The molecule has 0 spiro atoms. The van der Waals surface area contributed by atoms with Gasteiger partial charge in [0, 0.05) is 30.9 Å². The molecule has 4 rings (SSSR count). The number of aromatic carboxylic acids is 1. The lowest BCUT2D eigenvalue weighted by atomic mass is 9.97. The number of anilines is 1. The molecular weight excluding hydrogens is 399 g/mol. The van der Waals surface area contributed by atoms with Crippen LogP contribution >= 0.6 is 0 Å². The number of hydrogen-bond donors (Lipinski definition) is 2. The van der Waals surface area contributed by atoms with Crippen LogP contribution in [0.3, 0.4) is 0 Å². The van der Waals surface area contributed by atoms with E-state index in [0.717, 1.165) is 31.6 Å². The van der Waals surface area contributed by atoms with Gasteiger partial charge in [0.25, 0.3) is 0 Å². The van der Waals surface area contributed by atoms with Gasteiger partial charge in [0.2, 0.25) is 5.69 Å². The molecule has 1 aliphatic heterocycles. The second kappa shape index (κ2) is 8.58. The van der Waals surface area contributed by atoms with Gasteiger partial charge in [-0.15, -0.1) is 0 Å². The zero-order chi connectivity index (χ0) is 22.0. The van der Waals surface area contributed by atoms with Crippen LogP contribution in [-0.4, -0.2) is 45.7 Å². The van der Waals surface area contributed by atoms with Gasteiger partial charge in [0.05, 0.1) is 18.0 Å². The summed E-state index contributed by atoms with van der Waals surface area (Å²) in [5, 5.41) is 22.9. The van der Waals surface area contributed by atoms with E-state index in [9.17, 15) is 19.4 Å². The lowest BCUT2D eigenvalue weighted by Gasteiger charge is -2.33. The monoisotopic (exact) mass is 420 g/mol. The molecule has 1 aliphatic rings. The van der Waals surface area contributed by atoms with Crippen LogP contribution in [0.2, 0.25) is 0 Å². The van der Waals surface area contributed by atoms with Gasteiger partial charge in [-0.3, -0.25) is 0 Å². The quantitative estimate of drug-likeness (QED) is 0.607. The number of benzene rings is 2. The van der Waals surface area contributed by atoms with Crippen LogP contribution in [0.1, 0.15) is 23.3 Å². The molecule has 1 fully saturated rings. The van der Waals surface area contributed by atoms with E-state index in [1.807, 2.05) is 24.3 Å². The van der Waals surface area contributed by atoms with E-state index in [-0.39, 0.29) is 18.0 Å². The van der Waals surface area contributed by atoms with Crippen LogP contribution in [-0.2, 0) is 0 Å². The number of hydrogen-bond acceptors (Lipinski definition) is 4. The van der Waals surface area contributed by atoms with Gasteiger partial charge in [-0.2, -0.15) is 5.10 Å². The smallest absolute Gasteiger partial charge is 0.356 e. The number of rotatable bonds is 5. The summed E-state index contributed by atoms with van der Waals surface area (Å²) in [6.07, 6.45) is 1.88. The summed E-state index contributed by atoms with van der Waals surface area (Å²) in [6.45, 7) is 8.95. The van der Waals surface area contributed by atoms with Crippen LogP contribution in [0.5, 0.6) is 0 Å².